The number of pyridine rings is 1. The topological polar surface area (TPSA) is 101 Å². The molecule has 9 nitrogen and oxygen atoms in total. The fourth-order valence-electron chi connectivity index (χ4n) is 2.89. The summed E-state index contributed by atoms with van der Waals surface area (Å²) in [7, 11) is 1.59. The lowest BCUT2D eigenvalue weighted by atomic mass is 10.2. The van der Waals surface area contributed by atoms with Crippen molar-refractivity contribution in [1.82, 2.24) is 4.98 Å². The van der Waals surface area contributed by atoms with E-state index in [1.807, 2.05) is 24.3 Å². The fraction of sp³-hybridized carbons (Fsp3) is 0.333. The van der Waals surface area contributed by atoms with Gasteiger partial charge in [-0.15, -0.1) is 0 Å². The zero-order valence-electron chi connectivity index (χ0n) is 15.0. The van der Waals surface area contributed by atoms with Gasteiger partial charge in [-0.25, -0.2) is 4.98 Å². The van der Waals surface area contributed by atoms with E-state index in [1.165, 1.54) is 23.2 Å². The molecule has 3 rings (SSSR count). The first kappa shape index (κ1) is 18.6. The zero-order valence-corrected chi connectivity index (χ0v) is 15.0. The van der Waals surface area contributed by atoms with Gasteiger partial charge in [0.15, 0.2) is 0 Å². The van der Waals surface area contributed by atoms with Crippen LogP contribution in [0.2, 0.25) is 0 Å². The summed E-state index contributed by atoms with van der Waals surface area (Å²) >= 11 is 0. The molecule has 27 heavy (non-hydrogen) atoms. The monoisotopic (exact) mass is 371 g/mol. The van der Waals surface area contributed by atoms with Gasteiger partial charge >= 0.3 is 5.69 Å². The number of amides is 1. The fourth-order valence-corrected chi connectivity index (χ4v) is 2.89. The van der Waals surface area contributed by atoms with Crippen LogP contribution in [0.25, 0.3) is 0 Å². The number of carbonyl (C=O) groups is 1. The number of hydrogen-bond donors (Lipinski definition) is 1. The van der Waals surface area contributed by atoms with E-state index in [-0.39, 0.29) is 24.0 Å². The van der Waals surface area contributed by atoms with Gasteiger partial charge in [0.1, 0.15) is 0 Å². The molecule has 142 valence electrons. The lowest BCUT2D eigenvalue weighted by Gasteiger charge is -2.28. The molecular weight excluding hydrogens is 350 g/mol. The molecule has 1 aromatic heterocycles. The number of ether oxygens (including phenoxy) is 1. The molecule has 0 aliphatic carbocycles. The van der Waals surface area contributed by atoms with Crippen molar-refractivity contribution in [1.29, 1.82) is 0 Å². The Bertz CT molecular complexity index is 806. The van der Waals surface area contributed by atoms with Crippen molar-refractivity contribution >= 4 is 28.8 Å². The third-order valence-electron chi connectivity index (χ3n) is 4.23. The highest BCUT2D eigenvalue weighted by Crippen LogP contribution is 2.24. The number of nitrogens with one attached hydrogen (secondary N) is 1. The first-order valence-electron chi connectivity index (χ1n) is 8.58. The molecule has 1 N–H and O–H groups in total. The maximum absolute atomic E-state index is 12.3. The molecule has 9 heteroatoms. The van der Waals surface area contributed by atoms with Gasteiger partial charge in [-0.05, 0) is 30.3 Å². The number of hydrogen-bond acceptors (Lipinski definition) is 7. The quantitative estimate of drug-likeness (QED) is 0.611. The van der Waals surface area contributed by atoms with Crippen LogP contribution < -0.4 is 15.1 Å². The van der Waals surface area contributed by atoms with Gasteiger partial charge in [0.05, 0.1) is 24.7 Å². The van der Waals surface area contributed by atoms with Crippen LogP contribution in [0.5, 0.6) is 0 Å². The molecule has 0 saturated carbocycles. The second kappa shape index (κ2) is 8.45. The van der Waals surface area contributed by atoms with Crippen molar-refractivity contribution in [2.24, 2.45) is 0 Å². The predicted octanol–water partition coefficient (Wildman–Crippen LogP) is 1.90. The van der Waals surface area contributed by atoms with Crippen LogP contribution in [-0.2, 0) is 9.53 Å². The van der Waals surface area contributed by atoms with Crippen LogP contribution in [-0.4, -0.2) is 55.7 Å². The molecule has 1 fully saturated rings. The van der Waals surface area contributed by atoms with E-state index in [0.29, 0.717) is 18.9 Å². The smallest absolute Gasteiger partial charge is 0.311 e. The highest BCUT2D eigenvalue weighted by atomic mass is 16.6. The third-order valence-corrected chi connectivity index (χ3v) is 4.23. The van der Waals surface area contributed by atoms with Crippen molar-refractivity contribution in [2.75, 3.05) is 55.0 Å². The molecule has 0 unspecified atom stereocenters. The Hall–Kier alpha value is -3.20. The summed E-state index contributed by atoms with van der Waals surface area (Å²) in [6.45, 7) is 3.07. The van der Waals surface area contributed by atoms with E-state index in [9.17, 15) is 14.9 Å². The summed E-state index contributed by atoms with van der Waals surface area (Å²) in [5.41, 5.74) is 1.61. The molecule has 0 spiro atoms. The molecule has 2 heterocycles. The minimum Gasteiger partial charge on any atom is -0.378 e. The lowest BCUT2D eigenvalue weighted by molar-refractivity contribution is -0.384. The SMILES string of the molecule is CN(CC(=O)Nc1ccc(N2CCOCC2)cc1)c1ncccc1[N+](=O)[O-]. The molecule has 1 amide bonds. The summed E-state index contributed by atoms with van der Waals surface area (Å²) in [6, 6.07) is 10.4. The number of likely N-dealkylation sites (N-methyl/N-ethyl adjacent to an activating group) is 1. The first-order chi connectivity index (χ1) is 13.0. The Kier molecular flexibility index (Phi) is 5.82. The third kappa shape index (κ3) is 4.70. The Labute approximate surface area is 156 Å². The number of rotatable bonds is 6. The van der Waals surface area contributed by atoms with E-state index in [2.05, 4.69) is 15.2 Å². The van der Waals surface area contributed by atoms with Gasteiger partial charge in [0, 0.05) is 43.8 Å². The maximum atomic E-state index is 12.3. The van der Waals surface area contributed by atoms with E-state index in [1.54, 1.807) is 7.05 Å². The molecule has 0 radical (unpaired) electrons. The van der Waals surface area contributed by atoms with Crippen LogP contribution in [0.15, 0.2) is 42.6 Å². The molecular formula is C18H21N5O4. The van der Waals surface area contributed by atoms with Gasteiger partial charge in [-0.3, -0.25) is 14.9 Å². The number of morpholine rings is 1. The number of anilines is 3. The molecule has 1 aromatic carbocycles. The summed E-state index contributed by atoms with van der Waals surface area (Å²) in [5, 5.41) is 13.9. The molecule has 1 aliphatic rings. The minimum absolute atomic E-state index is 0.0525. The van der Waals surface area contributed by atoms with Crippen molar-refractivity contribution in [3.8, 4) is 0 Å². The van der Waals surface area contributed by atoms with Crippen molar-refractivity contribution in [3.05, 3.63) is 52.7 Å². The summed E-state index contributed by atoms with van der Waals surface area (Å²) in [5.74, 6) is -0.128. The van der Waals surface area contributed by atoms with Crippen molar-refractivity contribution in [3.63, 3.8) is 0 Å². The lowest BCUT2D eigenvalue weighted by Crippen LogP contribution is -2.36. The van der Waals surface area contributed by atoms with Gasteiger partial charge in [0.2, 0.25) is 11.7 Å². The van der Waals surface area contributed by atoms with E-state index >= 15 is 0 Å². The van der Waals surface area contributed by atoms with Gasteiger partial charge in [0.25, 0.3) is 0 Å². The van der Waals surface area contributed by atoms with Gasteiger partial charge in [-0.1, -0.05) is 0 Å². The number of benzene rings is 1. The van der Waals surface area contributed by atoms with Gasteiger partial charge < -0.3 is 19.9 Å². The standard InChI is InChI=1S/C18H21N5O4/c1-21(18-16(23(25)26)3-2-8-19-18)13-17(24)20-14-4-6-15(7-5-14)22-9-11-27-12-10-22/h2-8H,9-13H2,1H3,(H,20,24). The largest absolute Gasteiger partial charge is 0.378 e. The molecule has 1 aliphatic heterocycles. The minimum atomic E-state index is -0.513. The molecule has 1 saturated heterocycles. The molecule has 0 bridgehead atoms. The second-order valence-corrected chi connectivity index (χ2v) is 6.15. The van der Waals surface area contributed by atoms with Crippen LogP contribution >= 0.6 is 0 Å². The van der Waals surface area contributed by atoms with Gasteiger partial charge in [-0.2, -0.15) is 0 Å². The average Bonchev–Trinajstić information content (AvgIpc) is 2.69. The Morgan fingerprint density at radius 1 is 1.30 bits per heavy atom. The number of carbonyl (C=O) groups excluding carboxylic acids is 1. The second-order valence-electron chi connectivity index (χ2n) is 6.15. The normalized spacial score (nSPS) is 13.9. The molecule has 0 atom stereocenters. The van der Waals surface area contributed by atoms with Crippen molar-refractivity contribution < 1.29 is 14.5 Å². The highest BCUT2D eigenvalue weighted by Gasteiger charge is 2.19. The summed E-state index contributed by atoms with van der Waals surface area (Å²) in [6.07, 6.45) is 1.46. The Morgan fingerprint density at radius 2 is 2.00 bits per heavy atom. The van der Waals surface area contributed by atoms with Crippen molar-refractivity contribution in [2.45, 2.75) is 0 Å². The van der Waals surface area contributed by atoms with Crippen LogP contribution in [0.4, 0.5) is 22.9 Å². The number of nitrogens with zero attached hydrogens (tertiary/aromatic N) is 4. The zero-order chi connectivity index (χ0) is 19.2. The maximum Gasteiger partial charge on any atom is 0.311 e. The first-order valence-corrected chi connectivity index (χ1v) is 8.58. The highest BCUT2D eigenvalue weighted by molar-refractivity contribution is 5.94. The van der Waals surface area contributed by atoms with E-state index < -0.39 is 4.92 Å². The number of aromatic nitrogens is 1. The summed E-state index contributed by atoms with van der Waals surface area (Å²) in [4.78, 5) is 30.6. The van der Waals surface area contributed by atoms with Crippen LogP contribution in [0, 0.1) is 10.1 Å². The predicted molar refractivity (Wildman–Crippen MR) is 102 cm³/mol. The van der Waals surface area contributed by atoms with Crippen LogP contribution in [0.1, 0.15) is 0 Å². The van der Waals surface area contributed by atoms with E-state index in [4.69, 9.17) is 4.74 Å². The summed E-state index contributed by atoms with van der Waals surface area (Å²) < 4.78 is 5.34. The Balaban J connectivity index is 1.60. The average molecular weight is 371 g/mol. The molecule has 2 aromatic rings. The Morgan fingerprint density at radius 3 is 2.67 bits per heavy atom. The number of nitro groups is 1. The van der Waals surface area contributed by atoms with Crippen LogP contribution in [0.3, 0.4) is 0 Å². The van der Waals surface area contributed by atoms with E-state index in [0.717, 1.165) is 18.8 Å².